The number of likely N-dealkylation sites (tertiary alicyclic amines) is 1. The van der Waals surface area contributed by atoms with Gasteiger partial charge in [-0.25, -0.2) is 0 Å². The monoisotopic (exact) mass is 337 g/mol. The van der Waals surface area contributed by atoms with E-state index in [1.807, 2.05) is 30.0 Å². The molecule has 2 aliphatic heterocycles. The zero-order valence-electron chi connectivity index (χ0n) is 13.6. The quantitative estimate of drug-likeness (QED) is 0.846. The molecule has 1 atom stereocenters. The highest BCUT2D eigenvalue weighted by molar-refractivity contribution is 6.31. The minimum atomic E-state index is 0.0765. The largest absolute Gasteiger partial charge is 0.381 e. The van der Waals surface area contributed by atoms with E-state index in [2.05, 4.69) is 0 Å². The Morgan fingerprint density at radius 3 is 2.83 bits per heavy atom. The maximum absolute atomic E-state index is 12.7. The number of carbonyl (C=O) groups is 1. The number of benzene rings is 1. The number of piperidine rings is 1. The van der Waals surface area contributed by atoms with E-state index < -0.39 is 0 Å². The SMILES string of the molecule is Cc1c(Cl)cccc1C(=O)N1CCC(OC[C@H]2CCOC2)CC1. The molecule has 5 heteroatoms. The molecule has 0 unspecified atom stereocenters. The van der Waals surface area contributed by atoms with Gasteiger partial charge in [-0.05, 0) is 43.9 Å². The van der Waals surface area contributed by atoms with E-state index in [1.165, 1.54) is 0 Å². The predicted molar refractivity (Wildman–Crippen MR) is 90.0 cm³/mol. The normalized spacial score (nSPS) is 22.5. The van der Waals surface area contributed by atoms with Crippen molar-refractivity contribution in [1.82, 2.24) is 4.90 Å². The summed E-state index contributed by atoms with van der Waals surface area (Å²) in [6.45, 7) is 5.86. The number of hydrogen-bond acceptors (Lipinski definition) is 3. The molecule has 0 aromatic heterocycles. The number of halogens is 1. The first-order chi connectivity index (χ1) is 11.1. The number of nitrogens with zero attached hydrogens (tertiary/aromatic N) is 1. The lowest BCUT2D eigenvalue weighted by atomic mass is 10.0. The smallest absolute Gasteiger partial charge is 0.254 e. The summed E-state index contributed by atoms with van der Waals surface area (Å²) in [5, 5.41) is 0.646. The molecule has 2 aliphatic rings. The number of amides is 1. The van der Waals surface area contributed by atoms with Crippen LogP contribution in [-0.2, 0) is 9.47 Å². The summed E-state index contributed by atoms with van der Waals surface area (Å²) in [4.78, 5) is 14.6. The van der Waals surface area contributed by atoms with Crippen molar-refractivity contribution in [2.45, 2.75) is 32.3 Å². The highest BCUT2D eigenvalue weighted by Crippen LogP contribution is 2.23. The lowest BCUT2D eigenvalue weighted by molar-refractivity contribution is -0.00794. The van der Waals surface area contributed by atoms with Crippen LogP contribution in [0.15, 0.2) is 18.2 Å². The molecule has 0 aliphatic carbocycles. The van der Waals surface area contributed by atoms with Crippen LogP contribution in [-0.4, -0.2) is 49.8 Å². The molecule has 3 rings (SSSR count). The van der Waals surface area contributed by atoms with Gasteiger partial charge in [-0.1, -0.05) is 17.7 Å². The Balaban J connectivity index is 1.50. The third-order valence-corrected chi connectivity index (χ3v) is 5.23. The summed E-state index contributed by atoms with van der Waals surface area (Å²) < 4.78 is 11.4. The van der Waals surface area contributed by atoms with Crippen LogP contribution < -0.4 is 0 Å². The van der Waals surface area contributed by atoms with Crippen LogP contribution in [0.25, 0.3) is 0 Å². The van der Waals surface area contributed by atoms with Crippen LogP contribution in [0.2, 0.25) is 5.02 Å². The topological polar surface area (TPSA) is 38.8 Å². The lowest BCUT2D eigenvalue weighted by Gasteiger charge is -2.32. The van der Waals surface area contributed by atoms with Crippen LogP contribution in [0.3, 0.4) is 0 Å². The summed E-state index contributed by atoms with van der Waals surface area (Å²) in [6, 6.07) is 5.51. The average Bonchev–Trinajstić information content (AvgIpc) is 3.09. The predicted octanol–water partition coefficient (Wildman–Crippen LogP) is 3.31. The Hall–Kier alpha value is -1.10. The molecule has 2 saturated heterocycles. The molecule has 1 amide bonds. The highest BCUT2D eigenvalue weighted by atomic mass is 35.5. The Bertz CT molecular complexity index is 549. The van der Waals surface area contributed by atoms with E-state index in [1.54, 1.807) is 0 Å². The van der Waals surface area contributed by atoms with Crippen molar-refractivity contribution in [3.63, 3.8) is 0 Å². The molecule has 0 spiro atoms. The van der Waals surface area contributed by atoms with Crippen LogP contribution in [0.5, 0.6) is 0 Å². The summed E-state index contributed by atoms with van der Waals surface area (Å²) >= 11 is 6.12. The van der Waals surface area contributed by atoms with E-state index in [0.717, 1.165) is 57.7 Å². The summed E-state index contributed by atoms with van der Waals surface area (Å²) in [7, 11) is 0. The van der Waals surface area contributed by atoms with Gasteiger partial charge in [-0.3, -0.25) is 4.79 Å². The maximum atomic E-state index is 12.7. The van der Waals surface area contributed by atoms with Crippen LogP contribution in [0.1, 0.15) is 35.2 Å². The van der Waals surface area contributed by atoms with Gasteiger partial charge in [0, 0.05) is 36.2 Å². The molecule has 0 saturated carbocycles. The highest BCUT2D eigenvalue weighted by Gasteiger charge is 2.26. The minimum absolute atomic E-state index is 0.0765. The van der Waals surface area contributed by atoms with Gasteiger partial charge in [0.1, 0.15) is 0 Å². The molecule has 23 heavy (non-hydrogen) atoms. The Kier molecular flexibility index (Phi) is 5.57. The summed E-state index contributed by atoms with van der Waals surface area (Å²) in [6.07, 6.45) is 3.17. The van der Waals surface area contributed by atoms with E-state index in [0.29, 0.717) is 16.5 Å². The minimum Gasteiger partial charge on any atom is -0.381 e. The van der Waals surface area contributed by atoms with Gasteiger partial charge in [0.15, 0.2) is 0 Å². The third-order valence-electron chi connectivity index (χ3n) is 4.82. The maximum Gasteiger partial charge on any atom is 0.254 e. The van der Waals surface area contributed by atoms with Crippen molar-refractivity contribution in [2.24, 2.45) is 5.92 Å². The fraction of sp³-hybridized carbons (Fsp3) is 0.611. The van der Waals surface area contributed by atoms with Gasteiger partial charge < -0.3 is 14.4 Å². The molecule has 1 aromatic carbocycles. The van der Waals surface area contributed by atoms with Gasteiger partial charge in [0.05, 0.1) is 19.3 Å². The standard InChI is InChI=1S/C18H24ClNO3/c1-13-16(3-2-4-17(13)19)18(21)20-8-5-15(6-9-20)23-12-14-7-10-22-11-14/h2-4,14-15H,5-12H2,1H3/t14-/m0/s1. The van der Waals surface area contributed by atoms with Gasteiger partial charge in [0.2, 0.25) is 0 Å². The first-order valence-corrected chi connectivity index (χ1v) is 8.76. The second-order valence-corrected chi connectivity index (χ2v) is 6.87. The molecular weight excluding hydrogens is 314 g/mol. The molecule has 2 heterocycles. The van der Waals surface area contributed by atoms with Crippen LogP contribution in [0.4, 0.5) is 0 Å². The van der Waals surface area contributed by atoms with E-state index in [-0.39, 0.29) is 12.0 Å². The van der Waals surface area contributed by atoms with E-state index in [4.69, 9.17) is 21.1 Å². The Morgan fingerprint density at radius 2 is 2.13 bits per heavy atom. The molecule has 1 aromatic rings. The molecule has 4 nitrogen and oxygen atoms in total. The van der Waals surface area contributed by atoms with Gasteiger partial charge in [-0.2, -0.15) is 0 Å². The molecular formula is C18H24ClNO3. The number of rotatable bonds is 4. The second kappa shape index (κ2) is 7.65. The average molecular weight is 338 g/mol. The fourth-order valence-electron chi connectivity index (χ4n) is 3.22. The Labute approximate surface area is 142 Å². The van der Waals surface area contributed by atoms with E-state index in [9.17, 15) is 4.79 Å². The lowest BCUT2D eigenvalue weighted by Crippen LogP contribution is -2.41. The first-order valence-electron chi connectivity index (χ1n) is 8.39. The third kappa shape index (κ3) is 4.06. The van der Waals surface area contributed by atoms with Crippen molar-refractivity contribution < 1.29 is 14.3 Å². The van der Waals surface area contributed by atoms with E-state index >= 15 is 0 Å². The number of carbonyl (C=O) groups excluding carboxylic acids is 1. The number of hydrogen-bond donors (Lipinski definition) is 0. The van der Waals surface area contributed by atoms with Crippen LogP contribution >= 0.6 is 11.6 Å². The first kappa shape index (κ1) is 16.7. The fourth-order valence-corrected chi connectivity index (χ4v) is 3.40. The van der Waals surface area contributed by atoms with Crippen molar-refractivity contribution in [1.29, 1.82) is 0 Å². The van der Waals surface area contributed by atoms with Crippen molar-refractivity contribution in [2.75, 3.05) is 32.9 Å². The van der Waals surface area contributed by atoms with Crippen molar-refractivity contribution in [3.8, 4) is 0 Å². The molecule has 0 N–H and O–H groups in total. The zero-order chi connectivity index (χ0) is 16.2. The molecule has 0 bridgehead atoms. The molecule has 126 valence electrons. The number of ether oxygens (including phenoxy) is 2. The summed E-state index contributed by atoms with van der Waals surface area (Å²) in [5.74, 6) is 0.622. The molecule has 2 fully saturated rings. The second-order valence-electron chi connectivity index (χ2n) is 6.47. The van der Waals surface area contributed by atoms with Gasteiger partial charge >= 0.3 is 0 Å². The van der Waals surface area contributed by atoms with Crippen molar-refractivity contribution in [3.05, 3.63) is 34.3 Å². The summed E-state index contributed by atoms with van der Waals surface area (Å²) in [5.41, 5.74) is 1.57. The Morgan fingerprint density at radius 1 is 1.35 bits per heavy atom. The van der Waals surface area contributed by atoms with Crippen LogP contribution in [0, 0.1) is 12.8 Å². The zero-order valence-corrected chi connectivity index (χ0v) is 14.3. The van der Waals surface area contributed by atoms with Gasteiger partial charge in [0.25, 0.3) is 5.91 Å². The van der Waals surface area contributed by atoms with Gasteiger partial charge in [-0.15, -0.1) is 0 Å². The molecule has 0 radical (unpaired) electrons. The van der Waals surface area contributed by atoms with Crippen molar-refractivity contribution >= 4 is 17.5 Å².